The lowest BCUT2D eigenvalue weighted by Gasteiger charge is -2.04. The maximum atomic E-state index is 11.1. The molecular formula is C15H17NO2S. The Morgan fingerprint density at radius 2 is 2.00 bits per heavy atom. The van der Waals surface area contributed by atoms with Gasteiger partial charge in [-0.3, -0.25) is 9.78 Å². The van der Waals surface area contributed by atoms with Crippen LogP contribution in [0.2, 0.25) is 0 Å². The highest BCUT2D eigenvalue weighted by Gasteiger charge is 2.04. The zero-order valence-corrected chi connectivity index (χ0v) is 10.8. The SMILES string of the molecule is C.COC(=O)CSc1ccnc(-c2ccccc2)c1. The minimum absolute atomic E-state index is 0. The molecule has 100 valence electrons. The van der Waals surface area contributed by atoms with E-state index in [0.29, 0.717) is 5.75 Å². The maximum absolute atomic E-state index is 11.1. The average Bonchev–Trinajstić information content (AvgIpc) is 2.46. The highest BCUT2D eigenvalue weighted by atomic mass is 32.2. The third-order valence-corrected chi connectivity index (χ3v) is 3.35. The van der Waals surface area contributed by atoms with E-state index in [1.165, 1.54) is 18.9 Å². The summed E-state index contributed by atoms with van der Waals surface area (Å²) in [6.45, 7) is 0. The average molecular weight is 275 g/mol. The molecule has 4 heteroatoms. The van der Waals surface area contributed by atoms with Gasteiger partial charge >= 0.3 is 5.97 Å². The van der Waals surface area contributed by atoms with Crippen molar-refractivity contribution in [1.82, 2.24) is 4.98 Å². The van der Waals surface area contributed by atoms with E-state index in [1.54, 1.807) is 6.20 Å². The quantitative estimate of drug-likeness (QED) is 0.630. The molecule has 2 rings (SSSR count). The molecule has 0 fully saturated rings. The summed E-state index contributed by atoms with van der Waals surface area (Å²) in [7, 11) is 1.39. The number of pyridine rings is 1. The van der Waals surface area contributed by atoms with Gasteiger partial charge in [-0.05, 0) is 12.1 Å². The molecule has 19 heavy (non-hydrogen) atoms. The van der Waals surface area contributed by atoms with Crippen LogP contribution >= 0.6 is 11.8 Å². The minimum Gasteiger partial charge on any atom is -0.468 e. The largest absolute Gasteiger partial charge is 0.468 e. The van der Waals surface area contributed by atoms with Crippen LogP contribution in [-0.2, 0) is 9.53 Å². The van der Waals surface area contributed by atoms with Crippen LogP contribution in [0.3, 0.4) is 0 Å². The van der Waals surface area contributed by atoms with E-state index in [0.717, 1.165) is 16.2 Å². The molecule has 0 saturated heterocycles. The second-order valence-electron chi connectivity index (χ2n) is 3.61. The van der Waals surface area contributed by atoms with Crippen molar-refractivity contribution in [3.63, 3.8) is 0 Å². The molecule has 0 amide bonds. The van der Waals surface area contributed by atoms with Crippen LogP contribution in [0, 0.1) is 0 Å². The molecule has 0 aliphatic carbocycles. The normalized spacial score (nSPS) is 9.53. The number of hydrogen-bond acceptors (Lipinski definition) is 4. The van der Waals surface area contributed by atoms with Crippen LogP contribution in [0.5, 0.6) is 0 Å². The number of ether oxygens (including phenoxy) is 1. The Kier molecular flexibility index (Phi) is 6.09. The first-order chi connectivity index (χ1) is 8.79. The van der Waals surface area contributed by atoms with Gasteiger partial charge in [-0.25, -0.2) is 0 Å². The molecule has 0 spiro atoms. The number of methoxy groups -OCH3 is 1. The zero-order chi connectivity index (χ0) is 12.8. The highest BCUT2D eigenvalue weighted by molar-refractivity contribution is 8.00. The monoisotopic (exact) mass is 275 g/mol. The van der Waals surface area contributed by atoms with E-state index in [-0.39, 0.29) is 13.4 Å². The first-order valence-electron chi connectivity index (χ1n) is 5.50. The second kappa shape index (κ2) is 7.59. The van der Waals surface area contributed by atoms with Crippen LogP contribution in [0.25, 0.3) is 11.3 Å². The molecule has 0 bridgehead atoms. The fourth-order valence-corrected chi connectivity index (χ4v) is 2.22. The number of nitrogens with zero attached hydrogens (tertiary/aromatic N) is 1. The highest BCUT2D eigenvalue weighted by Crippen LogP contribution is 2.23. The summed E-state index contributed by atoms with van der Waals surface area (Å²) in [4.78, 5) is 16.4. The molecule has 0 aliphatic heterocycles. The van der Waals surface area contributed by atoms with Gasteiger partial charge in [-0.2, -0.15) is 0 Å². The fraction of sp³-hybridized carbons (Fsp3) is 0.200. The zero-order valence-electron chi connectivity index (χ0n) is 10.00. The molecule has 2 aromatic rings. The van der Waals surface area contributed by atoms with Gasteiger partial charge in [0.05, 0.1) is 18.6 Å². The van der Waals surface area contributed by atoms with Crippen molar-refractivity contribution in [3.05, 3.63) is 48.7 Å². The second-order valence-corrected chi connectivity index (χ2v) is 4.66. The predicted octanol–water partition coefficient (Wildman–Crippen LogP) is 3.65. The molecule has 0 atom stereocenters. The number of hydrogen-bond donors (Lipinski definition) is 0. The first kappa shape index (κ1) is 15.2. The molecule has 1 aromatic carbocycles. The van der Waals surface area contributed by atoms with Crippen molar-refractivity contribution in [3.8, 4) is 11.3 Å². The van der Waals surface area contributed by atoms with E-state index in [2.05, 4.69) is 9.72 Å². The van der Waals surface area contributed by atoms with Crippen molar-refractivity contribution in [2.75, 3.05) is 12.9 Å². The molecule has 0 unspecified atom stereocenters. The van der Waals surface area contributed by atoms with E-state index in [1.807, 2.05) is 42.5 Å². The number of rotatable bonds is 4. The Labute approximate surface area is 118 Å². The van der Waals surface area contributed by atoms with Gasteiger partial charge in [-0.1, -0.05) is 37.8 Å². The molecule has 1 aromatic heterocycles. The lowest BCUT2D eigenvalue weighted by Crippen LogP contribution is -2.02. The van der Waals surface area contributed by atoms with Crippen molar-refractivity contribution in [2.24, 2.45) is 0 Å². The molecule has 1 heterocycles. The van der Waals surface area contributed by atoms with Gasteiger partial charge in [-0.15, -0.1) is 11.8 Å². The Morgan fingerprint density at radius 1 is 1.26 bits per heavy atom. The van der Waals surface area contributed by atoms with E-state index in [9.17, 15) is 4.79 Å². The van der Waals surface area contributed by atoms with Crippen LogP contribution in [0.4, 0.5) is 0 Å². The summed E-state index contributed by atoms with van der Waals surface area (Å²) in [6, 6.07) is 13.8. The van der Waals surface area contributed by atoms with Gasteiger partial charge in [0.1, 0.15) is 0 Å². The van der Waals surface area contributed by atoms with Crippen molar-refractivity contribution in [2.45, 2.75) is 12.3 Å². The molecule has 0 N–H and O–H groups in total. The lowest BCUT2D eigenvalue weighted by molar-refractivity contribution is -0.137. The van der Waals surface area contributed by atoms with Gasteiger partial charge in [0.15, 0.2) is 0 Å². The standard InChI is InChI=1S/C14H13NO2S.CH4/c1-17-14(16)10-18-12-7-8-15-13(9-12)11-5-3-2-4-6-11;/h2-9H,10H2,1H3;1H4. The van der Waals surface area contributed by atoms with E-state index in [4.69, 9.17) is 0 Å². The number of carbonyl (C=O) groups is 1. The maximum Gasteiger partial charge on any atom is 0.315 e. The van der Waals surface area contributed by atoms with E-state index >= 15 is 0 Å². The summed E-state index contributed by atoms with van der Waals surface area (Å²) in [5.74, 6) is 0.0902. The van der Waals surface area contributed by atoms with Crippen LogP contribution in [-0.4, -0.2) is 23.8 Å². The van der Waals surface area contributed by atoms with Gasteiger partial charge < -0.3 is 4.74 Å². The molecule has 0 radical (unpaired) electrons. The summed E-state index contributed by atoms with van der Waals surface area (Å²) in [5.41, 5.74) is 1.98. The Hall–Kier alpha value is -1.81. The van der Waals surface area contributed by atoms with Gasteiger partial charge in [0.2, 0.25) is 0 Å². The number of esters is 1. The number of benzene rings is 1. The van der Waals surface area contributed by atoms with E-state index < -0.39 is 0 Å². The number of aromatic nitrogens is 1. The molecule has 3 nitrogen and oxygen atoms in total. The van der Waals surface area contributed by atoms with Gasteiger partial charge in [0, 0.05) is 16.7 Å². The Bertz CT molecular complexity index is 529. The van der Waals surface area contributed by atoms with Crippen LogP contribution in [0.1, 0.15) is 7.43 Å². The van der Waals surface area contributed by atoms with Crippen molar-refractivity contribution < 1.29 is 9.53 Å². The minimum atomic E-state index is -0.224. The van der Waals surface area contributed by atoms with Crippen LogP contribution < -0.4 is 0 Å². The molecule has 0 aliphatic rings. The predicted molar refractivity (Wildman–Crippen MR) is 79.1 cm³/mol. The Morgan fingerprint density at radius 3 is 2.68 bits per heavy atom. The number of carbonyl (C=O) groups excluding carboxylic acids is 1. The fourth-order valence-electron chi connectivity index (χ4n) is 1.47. The van der Waals surface area contributed by atoms with Crippen molar-refractivity contribution >= 4 is 17.7 Å². The topological polar surface area (TPSA) is 39.2 Å². The van der Waals surface area contributed by atoms with Crippen LogP contribution in [0.15, 0.2) is 53.6 Å². The third kappa shape index (κ3) is 4.41. The summed E-state index contributed by atoms with van der Waals surface area (Å²) < 4.78 is 4.61. The lowest BCUT2D eigenvalue weighted by atomic mass is 10.1. The summed E-state index contributed by atoms with van der Waals surface area (Å²) in [6.07, 6.45) is 1.75. The molecular weight excluding hydrogens is 258 g/mol. The molecule has 0 saturated carbocycles. The first-order valence-corrected chi connectivity index (χ1v) is 6.49. The summed E-state index contributed by atoms with van der Waals surface area (Å²) in [5, 5.41) is 0. The van der Waals surface area contributed by atoms with Gasteiger partial charge in [0.25, 0.3) is 0 Å². The summed E-state index contributed by atoms with van der Waals surface area (Å²) >= 11 is 1.45. The smallest absolute Gasteiger partial charge is 0.315 e. The van der Waals surface area contributed by atoms with Crippen molar-refractivity contribution in [1.29, 1.82) is 0 Å². The number of thioether (sulfide) groups is 1. The Balaban J connectivity index is 0.00000180. The third-order valence-electron chi connectivity index (χ3n) is 2.39.